The van der Waals surface area contributed by atoms with Crippen molar-refractivity contribution in [3.8, 4) is 0 Å². The smallest absolute Gasteiger partial charge is 0.276 e. The zero-order valence-corrected chi connectivity index (χ0v) is 12.2. The summed E-state index contributed by atoms with van der Waals surface area (Å²) in [6.07, 6.45) is 4.42. The second-order valence-electron chi connectivity index (χ2n) is 5.28. The Bertz CT molecular complexity index is 610. The number of carbonyl (C=O) groups is 1. The van der Waals surface area contributed by atoms with Gasteiger partial charge in [0, 0.05) is 24.5 Å². The standard InChI is InChI=1S/C14H17N3OS/c1-8-6-10(9(2)17(8)11-4-5-11)7-12-13(18)16(3)14(19)15-12/h6-7,11H,4-5H2,1-3H3,(H,15,19). The third kappa shape index (κ3) is 1.98. The average Bonchev–Trinajstić information content (AvgIpc) is 3.11. The van der Waals surface area contributed by atoms with E-state index >= 15 is 0 Å². The molecule has 2 heterocycles. The Kier molecular flexibility index (Phi) is 2.74. The number of nitrogens with one attached hydrogen (secondary N) is 1. The van der Waals surface area contributed by atoms with Crippen LogP contribution in [-0.4, -0.2) is 27.5 Å². The maximum Gasteiger partial charge on any atom is 0.276 e. The number of hydrogen-bond acceptors (Lipinski definition) is 2. The van der Waals surface area contributed by atoms with Crippen molar-refractivity contribution in [2.24, 2.45) is 0 Å². The largest absolute Gasteiger partial charge is 0.346 e. The fourth-order valence-corrected chi connectivity index (χ4v) is 2.81. The fraction of sp³-hybridized carbons (Fsp3) is 0.429. The molecule has 100 valence electrons. The molecule has 19 heavy (non-hydrogen) atoms. The van der Waals surface area contributed by atoms with E-state index in [0.29, 0.717) is 16.9 Å². The van der Waals surface area contributed by atoms with Gasteiger partial charge in [0.1, 0.15) is 5.70 Å². The van der Waals surface area contributed by atoms with Crippen LogP contribution >= 0.6 is 12.2 Å². The predicted octanol–water partition coefficient (Wildman–Crippen LogP) is 2.13. The first kappa shape index (κ1) is 12.4. The lowest BCUT2D eigenvalue weighted by atomic mass is 10.2. The van der Waals surface area contributed by atoms with E-state index in [0.717, 1.165) is 5.56 Å². The third-order valence-electron chi connectivity index (χ3n) is 3.82. The van der Waals surface area contributed by atoms with Crippen LogP contribution in [0.5, 0.6) is 0 Å². The van der Waals surface area contributed by atoms with Gasteiger partial charge in [0.2, 0.25) is 0 Å². The molecule has 0 unspecified atom stereocenters. The molecule has 4 nitrogen and oxygen atoms in total. The third-order valence-corrected chi connectivity index (χ3v) is 4.19. The van der Waals surface area contributed by atoms with E-state index in [1.807, 2.05) is 6.08 Å². The molecule has 1 saturated heterocycles. The topological polar surface area (TPSA) is 37.3 Å². The molecule has 1 amide bonds. The average molecular weight is 275 g/mol. The van der Waals surface area contributed by atoms with Crippen LogP contribution in [0.3, 0.4) is 0 Å². The molecular formula is C14H17N3OS. The molecule has 0 bridgehead atoms. The summed E-state index contributed by atoms with van der Waals surface area (Å²) in [5.41, 5.74) is 4.14. The molecule has 1 N–H and O–H groups in total. The number of aryl methyl sites for hydroxylation is 1. The summed E-state index contributed by atoms with van der Waals surface area (Å²) in [5, 5.41) is 3.43. The highest BCUT2D eigenvalue weighted by Crippen LogP contribution is 2.38. The van der Waals surface area contributed by atoms with Gasteiger partial charge in [0.15, 0.2) is 5.11 Å². The van der Waals surface area contributed by atoms with Crippen LogP contribution in [0, 0.1) is 13.8 Å². The minimum Gasteiger partial charge on any atom is -0.346 e. The Morgan fingerprint density at radius 2 is 2.11 bits per heavy atom. The SMILES string of the molecule is Cc1cc(C=C2NC(=S)N(C)C2=O)c(C)n1C1CC1. The van der Waals surface area contributed by atoms with Gasteiger partial charge in [-0.15, -0.1) is 0 Å². The normalized spacial score (nSPS) is 21.4. The number of nitrogens with zero attached hydrogens (tertiary/aromatic N) is 2. The van der Waals surface area contributed by atoms with Crippen molar-refractivity contribution < 1.29 is 4.79 Å². The van der Waals surface area contributed by atoms with E-state index in [1.165, 1.54) is 29.1 Å². The Balaban J connectivity index is 1.98. The van der Waals surface area contributed by atoms with Crippen molar-refractivity contribution in [3.05, 3.63) is 28.7 Å². The molecule has 2 fully saturated rings. The Hall–Kier alpha value is -1.62. The summed E-state index contributed by atoms with van der Waals surface area (Å²) >= 11 is 5.08. The highest BCUT2D eigenvalue weighted by atomic mass is 32.1. The van der Waals surface area contributed by atoms with Gasteiger partial charge < -0.3 is 9.88 Å². The van der Waals surface area contributed by atoms with Gasteiger partial charge in [-0.2, -0.15) is 0 Å². The molecule has 3 rings (SSSR count). The van der Waals surface area contributed by atoms with Crippen LogP contribution in [0.25, 0.3) is 6.08 Å². The lowest BCUT2D eigenvalue weighted by molar-refractivity contribution is -0.121. The molecule has 0 atom stereocenters. The number of likely N-dealkylation sites (N-methyl/N-ethyl adjacent to an activating group) is 1. The van der Waals surface area contributed by atoms with Gasteiger partial charge >= 0.3 is 0 Å². The van der Waals surface area contributed by atoms with Crippen molar-refractivity contribution >= 4 is 29.3 Å². The number of thiocarbonyl (C=S) groups is 1. The van der Waals surface area contributed by atoms with E-state index in [-0.39, 0.29) is 5.91 Å². The summed E-state index contributed by atoms with van der Waals surface area (Å²) in [4.78, 5) is 13.4. The molecule has 1 aliphatic heterocycles. The number of carbonyl (C=O) groups excluding carboxylic acids is 1. The molecule has 5 heteroatoms. The van der Waals surface area contributed by atoms with Gasteiger partial charge in [0.25, 0.3) is 5.91 Å². The molecule has 1 saturated carbocycles. The number of hydrogen-bond donors (Lipinski definition) is 1. The molecule has 1 aromatic rings. The molecule has 1 aliphatic carbocycles. The molecule has 0 aromatic carbocycles. The number of aromatic nitrogens is 1. The second-order valence-corrected chi connectivity index (χ2v) is 5.67. The minimum atomic E-state index is -0.0683. The lowest BCUT2D eigenvalue weighted by Crippen LogP contribution is -2.25. The monoisotopic (exact) mass is 275 g/mol. The molecule has 0 radical (unpaired) electrons. The van der Waals surface area contributed by atoms with Gasteiger partial charge in [-0.05, 0) is 56.6 Å². The summed E-state index contributed by atoms with van der Waals surface area (Å²) in [6, 6.07) is 2.79. The number of rotatable bonds is 2. The van der Waals surface area contributed by atoms with Crippen LogP contribution in [-0.2, 0) is 4.79 Å². The van der Waals surface area contributed by atoms with Crippen molar-refractivity contribution in [2.45, 2.75) is 32.7 Å². The van der Waals surface area contributed by atoms with Gasteiger partial charge in [-0.1, -0.05) is 0 Å². The maximum atomic E-state index is 12.0. The molecule has 0 spiro atoms. The van der Waals surface area contributed by atoms with Gasteiger partial charge in [-0.25, -0.2) is 0 Å². The van der Waals surface area contributed by atoms with Crippen molar-refractivity contribution in [1.29, 1.82) is 0 Å². The highest BCUT2D eigenvalue weighted by Gasteiger charge is 2.29. The van der Waals surface area contributed by atoms with Crippen LogP contribution in [0.4, 0.5) is 0 Å². The summed E-state index contributed by atoms with van der Waals surface area (Å²) < 4.78 is 2.37. The van der Waals surface area contributed by atoms with E-state index in [4.69, 9.17) is 12.2 Å². The number of amides is 1. The van der Waals surface area contributed by atoms with Crippen LogP contribution in [0.15, 0.2) is 11.8 Å². The van der Waals surface area contributed by atoms with E-state index in [1.54, 1.807) is 7.05 Å². The van der Waals surface area contributed by atoms with E-state index in [9.17, 15) is 4.79 Å². The highest BCUT2D eigenvalue weighted by molar-refractivity contribution is 7.80. The second kappa shape index (κ2) is 4.20. The van der Waals surface area contributed by atoms with Gasteiger partial charge in [0.05, 0.1) is 0 Å². The van der Waals surface area contributed by atoms with Crippen LogP contribution in [0.1, 0.15) is 35.8 Å². The van der Waals surface area contributed by atoms with Crippen LogP contribution in [0.2, 0.25) is 0 Å². The van der Waals surface area contributed by atoms with Gasteiger partial charge in [-0.3, -0.25) is 9.69 Å². The first-order valence-electron chi connectivity index (χ1n) is 6.48. The predicted molar refractivity (Wildman–Crippen MR) is 78.7 cm³/mol. The first-order valence-corrected chi connectivity index (χ1v) is 6.89. The summed E-state index contributed by atoms with van der Waals surface area (Å²) in [5.74, 6) is -0.0683. The minimum absolute atomic E-state index is 0.0683. The Morgan fingerprint density at radius 3 is 2.63 bits per heavy atom. The van der Waals surface area contributed by atoms with E-state index in [2.05, 4.69) is 29.8 Å². The zero-order chi connectivity index (χ0) is 13.7. The lowest BCUT2D eigenvalue weighted by Gasteiger charge is -2.06. The molecular weight excluding hydrogens is 258 g/mol. The van der Waals surface area contributed by atoms with Crippen molar-refractivity contribution in [2.75, 3.05) is 7.05 Å². The summed E-state index contributed by atoms with van der Waals surface area (Å²) in [7, 11) is 1.69. The van der Waals surface area contributed by atoms with Crippen molar-refractivity contribution in [3.63, 3.8) is 0 Å². The Labute approximate surface area is 118 Å². The summed E-state index contributed by atoms with van der Waals surface area (Å²) in [6.45, 7) is 4.23. The van der Waals surface area contributed by atoms with Crippen LogP contribution < -0.4 is 5.32 Å². The fourth-order valence-electron chi connectivity index (χ4n) is 2.62. The maximum absolute atomic E-state index is 12.0. The Morgan fingerprint density at radius 1 is 1.42 bits per heavy atom. The molecule has 1 aromatic heterocycles. The van der Waals surface area contributed by atoms with E-state index < -0.39 is 0 Å². The molecule has 2 aliphatic rings. The quantitative estimate of drug-likeness (QED) is 0.663. The first-order chi connectivity index (χ1) is 8.99. The zero-order valence-electron chi connectivity index (χ0n) is 11.4. The van der Waals surface area contributed by atoms with Crippen molar-refractivity contribution in [1.82, 2.24) is 14.8 Å².